The molecule has 2 atom stereocenters. The molecule has 1 aliphatic rings. The van der Waals surface area contributed by atoms with E-state index >= 15 is 0 Å². The van der Waals surface area contributed by atoms with Crippen LogP contribution in [0.15, 0.2) is 0 Å². The summed E-state index contributed by atoms with van der Waals surface area (Å²) in [5.74, 6) is 0. The van der Waals surface area contributed by atoms with E-state index in [9.17, 15) is 0 Å². The molecule has 0 N–H and O–H groups in total. The Hall–Kier alpha value is 0.400. The monoisotopic (exact) mass is 193 g/mol. The highest BCUT2D eigenvalue weighted by molar-refractivity contribution is 9.09. The highest BCUT2D eigenvalue weighted by atomic mass is 79.9. The average Bonchev–Trinajstić information content (AvgIpc) is 2.13. The summed E-state index contributed by atoms with van der Waals surface area (Å²) in [6, 6.07) is 0.560. The molecule has 1 fully saturated rings. The first-order valence-corrected chi connectivity index (χ1v) is 4.01. The molecule has 0 radical (unpaired) electrons. The Balaban J connectivity index is 2.40. The van der Waals surface area contributed by atoms with Gasteiger partial charge in [0.25, 0.3) is 0 Å². The first kappa shape index (κ1) is 7.51. The first-order valence-electron chi connectivity index (χ1n) is 3.10. The van der Waals surface area contributed by atoms with Crippen LogP contribution in [0.1, 0.15) is 0 Å². The summed E-state index contributed by atoms with van der Waals surface area (Å²) in [7, 11) is 4.15. The molecular formula is C6H12BrNO. The highest BCUT2D eigenvalue weighted by Crippen LogP contribution is 2.17. The molecule has 0 aliphatic carbocycles. The molecule has 0 saturated carbocycles. The maximum Gasteiger partial charge on any atom is 0.0633 e. The fourth-order valence-electron chi connectivity index (χ4n) is 0.989. The minimum atomic E-state index is 0.521. The molecule has 3 heteroatoms. The van der Waals surface area contributed by atoms with Crippen molar-refractivity contribution in [3.63, 3.8) is 0 Å². The summed E-state index contributed by atoms with van der Waals surface area (Å²) in [4.78, 5) is 2.71. The zero-order valence-corrected chi connectivity index (χ0v) is 7.39. The van der Waals surface area contributed by atoms with Gasteiger partial charge in [-0.15, -0.1) is 0 Å². The number of likely N-dealkylation sites (N-methyl/N-ethyl adjacent to an activating group) is 1. The Morgan fingerprint density at radius 3 is 2.33 bits per heavy atom. The average molecular weight is 194 g/mol. The molecule has 0 aromatic carbocycles. The number of hydrogen-bond donors (Lipinski definition) is 0. The number of nitrogens with zero attached hydrogens (tertiary/aromatic N) is 1. The maximum atomic E-state index is 5.24. The van der Waals surface area contributed by atoms with Crippen LogP contribution < -0.4 is 0 Å². The van der Waals surface area contributed by atoms with E-state index in [0.29, 0.717) is 10.9 Å². The van der Waals surface area contributed by atoms with Gasteiger partial charge in [-0.2, -0.15) is 0 Å². The van der Waals surface area contributed by atoms with E-state index in [1.165, 1.54) is 0 Å². The summed E-state index contributed by atoms with van der Waals surface area (Å²) in [5.41, 5.74) is 0. The van der Waals surface area contributed by atoms with Crippen molar-refractivity contribution in [2.24, 2.45) is 0 Å². The zero-order valence-electron chi connectivity index (χ0n) is 5.80. The van der Waals surface area contributed by atoms with Crippen molar-refractivity contribution < 1.29 is 4.74 Å². The lowest BCUT2D eigenvalue weighted by Gasteiger charge is -2.19. The van der Waals surface area contributed by atoms with Crippen LogP contribution in [-0.4, -0.2) is 43.1 Å². The van der Waals surface area contributed by atoms with Gasteiger partial charge in [0.15, 0.2) is 0 Å². The van der Waals surface area contributed by atoms with Crippen LogP contribution in [-0.2, 0) is 4.74 Å². The van der Waals surface area contributed by atoms with E-state index in [2.05, 4.69) is 34.9 Å². The third kappa shape index (κ3) is 1.66. The van der Waals surface area contributed by atoms with Gasteiger partial charge >= 0.3 is 0 Å². The quantitative estimate of drug-likeness (QED) is 0.570. The van der Waals surface area contributed by atoms with E-state index in [4.69, 9.17) is 4.74 Å². The van der Waals surface area contributed by atoms with Gasteiger partial charge in [-0.1, -0.05) is 15.9 Å². The second-order valence-corrected chi connectivity index (χ2v) is 3.76. The van der Waals surface area contributed by atoms with Crippen molar-refractivity contribution in [2.45, 2.75) is 10.9 Å². The molecule has 1 saturated heterocycles. The molecule has 9 heavy (non-hydrogen) atoms. The van der Waals surface area contributed by atoms with E-state index in [0.717, 1.165) is 13.2 Å². The van der Waals surface area contributed by atoms with Crippen molar-refractivity contribution in [1.29, 1.82) is 0 Å². The molecule has 54 valence electrons. The lowest BCUT2D eigenvalue weighted by molar-refractivity contribution is 0.170. The number of rotatable bonds is 1. The van der Waals surface area contributed by atoms with E-state index in [1.54, 1.807) is 0 Å². The van der Waals surface area contributed by atoms with Gasteiger partial charge in [-0.25, -0.2) is 0 Å². The standard InChI is InChI=1S/C6H12BrNO/c1-8(2)6-4-9-3-5(6)7/h5-6H,3-4H2,1-2H3. The molecule has 2 unspecified atom stereocenters. The number of halogens is 1. The Morgan fingerprint density at radius 2 is 2.11 bits per heavy atom. The summed E-state index contributed by atoms with van der Waals surface area (Å²) < 4.78 is 5.24. The van der Waals surface area contributed by atoms with Gasteiger partial charge in [0.05, 0.1) is 18.0 Å². The Kier molecular flexibility index (Phi) is 2.50. The van der Waals surface area contributed by atoms with E-state index < -0.39 is 0 Å². The van der Waals surface area contributed by atoms with Crippen LogP contribution in [0.2, 0.25) is 0 Å². The summed E-state index contributed by atoms with van der Waals surface area (Å²) in [6.07, 6.45) is 0. The molecule has 0 bridgehead atoms. The van der Waals surface area contributed by atoms with Gasteiger partial charge in [0.1, 0.15) is 0 Å². The van der Waals surface area contributed by atoms with Crippen LogP contribution in [0.4, 0.5) is 0 Å². The van der Waals surface area contributed by atoms with Crippen molar-refractivity contribution >= 4 is 15.9 Å². The fourth-order valence-corrected chi connectivity index (χ4v) is 1.80. The topological polar surface area (TPSA) is 12.5 Å². The van der Waals surface area contributed by atoms with Crippen LogP contribution in [0.5, 0.6) is 0 Å². The van der Waals surface area contributed by atoms with Crippen LogP contribution in [0.3, 0.4) is 0 Å². The predicted octanol–water partition coefficient (Wildman–Crippen LogP) is 0.710. The maximum absolute atomic E-state index is 5.24. The minimum Gasteiger partial charge on any atom is -0.379 e. The van der Waals surface area contributed by atoms with Crippen molar-refractivity contribution in [2.75, 3.05) is 27.3 Å². The van der Waals surface area contributed by atoms with Gasteiger partial charge in [0, 0.05) is 6.04 Å². The van der Waals surface area contributed by atoms with Crippen LogP contribution >= 0.6 is 15.9 Å². The number of alkyl halides is 1. The Labute approximate surface area is 64.3 Å². The summed E-state index contributed by atoms with van der Waals surface area (Å²) >= 11 is 3.54. The molecule has 0 aromatic rings. The van der Waals surface area contributed by atoms with Gasteiger partial charge in [-0.3, -0.25) is 0 Å². The van der Waals surface area contributed by atoms with Gasteiger partial charge in [-0.05, 0) is 14.1 Å². The van der Waals surface area contributed by atoms with Gasteiger partial charge < -0.3 is 9.64 Å². The molecule has 2 nitrogen and oxygen atoms in total. The van der Waals surface area contributed by atoms with Crippen molar-refractivity contribution in [1.82, 2.24) is 4.90 Å². The van der Waals surface area contributed by atoms with Gasteiger partial charge in [0.2, 0.25) is 0 Å². The lowest BCUT2D eigenvalue weighted by atomic mass is 10.2. The lowest BCUT2D eigenvalue weighted by Crippen LogP contribution is -2.34. The molecule has 1 rings (SSSR count). The smallest absolute Gasteiger partial charge is 0.0633 e. The third-order valence-corrected chi connectivity index (χ3v) is 2.52. The number of hydrogen-bond acceptors (Lipinski definition) is 2. The summed E-state index contributed by atoms with van der Waals surface area (Å²) in [5, 5.41) is 0. The third-order valence-electron chi connectivity index (χ3n) is 1.65. The fraction of sp³-hybridized carbons (Fsp3) is 1.00. The second kappa shape index (κ2) is 2.99. The highest BCUT2D eigenvalue weighted by Gasteiger charge is 2.26. The van der Waals surface area contributed by atoms with Crippen LogP contribution in [0, 0.1) is 0 Å². The van der Waals surface area contributed by atoms with Crippen LogP contribution in [0.25, 0.3) is 0 Å². The number of ether oxygens (including phenoxy) is 1. The molecule has 0 spiro atoms. The first-order chi connectivity index (χ1) is 4.22. The van der Waals surface area contributed by atoms with E-state index in [1.807, 2.05) is 0 Å². The second-order valence-electron chi connectivity index (χ2n) is 2.58. The molecular weight excluding hydrogens is 182 g/mol. The molecule has 0 aromatic heterocycles. The SMILES string of the molecule is CN(C)C1COCC1Br. The van der Waals surface area contributed by atoms with E-state index in [-0.39, 0.29) is 0 Å². The molecule has 0 amide bonds. The predicted molar refractivity (Wildman–Crippen MR) is 41.0 cm³/mol. The minimum absolute atomic E-state index is 0.521. The largest absolute Gasteiger partial charge is 0.379 e. The Morgan fingerprint density at radius 1 is 1.44 bits per heavy atom. The zero-order chi connectivity index (χ0) is 6.85. The summed E-state index contributed by atoms with van der Waals surface area (Å²) in [6.45, 7) is 1.71. The van der Waals surface area contributed by atoms with Crippen molar-refractivity contribution in [3.05, 3.63) is 0 Å². The normalized spacial score (nSPS) is 36.0. The van der Waals surface area contributed by atoms with Crippen molar-refractivity contribution in [3.8, 4) is 0 Å². The Bertz CT molecular complexity index is 97.1. The molecule has 1 heterocycles. The molecule has 1 aliphatic heterocycles.